The third kappa shape index (κ3) is 3.78. The van der Waals surface area contributed by atoms with Gasteiger partial charge in [-0.15, -0.1) is 0 Å². The van der Waals surface area contributed by atoms with E-state index in [1.54, 1.807) is 12.0 Å². The smallest absolute Gasteiger partial charge is 0.275 e. The molecule has 2 amide bonds. The van der Waals surface area contributed by atoms with Gasteiger partial charge in [-0.05, 0) is 26.3 Å². The second-order valence-corrected chi connectivity index (χ2v) is 8.84. The molecule has 1 aromatic carbocycles. The lowest BCUT2D eigenvalue weighted by molar-refractivity contribution is 0.0376. The summed E-state index contributed by atoms with van der Waals surface area (Å²) in [5, 5.41) is 13.0. The molecule has 2 N–H and O–H groups in total. The summed E-state index contributed by atoms with van der Waals surface area (Å²) < 4.78 is 33.7. The molecule has 1 aromatic heterocycles. The standard InChI is InChI=1S/C23H25F2N3O5/c1-12(2)28-22(32)18-20(30)19(29)16(9-27(18)11-23(28)7-14(23)10-33-3)21(31)26-8-13-4-5-15(24)6-17(13)25/h4-6,9,12,14,30H,7-8,10-11H2,1-3H3,(H,26,31). The van der Waals surface area contributed by atoms with Gasteiger partial charge in [0.15, 0.2) is 11.4 Å². The first-order chi connectivity index (χ1) is 15.6. The molecular weight excluding hydrogens is 436 g/mol. The number of pyridine rings is 1. The molecule has 1 aliphatic carbocycles. The van der Waals surface area contributed by atoms with Gasteiger partial charge in [-0.3, -0.25) is 14.4 Å². The maximum atomic E-state index is 13.9. The zero-order chi connectivity index (χ0) is 24.1. The zero-order valence-electron chi connectivity index (χ0n) is 18.5. The Morgan fingerprint density at radius 1 is 1.33 bits per heavy atom. The fourth-order valence-corrected chi connectivity index (χ4v) is 4.80. The monoisotopic (exact) mass is 461 g/mol. The SMILES string of the molecule is COCC1CC12Cn1cc(C(=O)NCc3ccc(F)cc3F)c(=O)c(O)c1C(=O)N2C(C)C. The first-order valence-electron chi connectivity index (χ1n) is 10.6. The molecule has 0 bridgehead atoms. The van der Waals surface area contributed by atoms with Crippen molar-refractivity contribution in [3.63, 3.8) is 0 Å². The van der Waals surface area contributed by atoms with E-state index in [1.165, 1.54) is 16.8 Å². The second-order valence-electron chi connectivity index (χ2n) is 8.84. The molecule has 1 aliphatic heterocycles. The van der Waals surface area contributed by atoms with Crippen molar-refractivity contribution in [3.8, 4) is 5.75 Å². The predicted molar refractivity (Wildman–Crippen MR) is 114 cm³/mol. The Bertz CT molecular complexity index is 1200. The minimum atomic E-state index is -0.990. The van der Waals surface area contributed by atoms with E-state index >= 15 is 0 Å². The minimum Gasteiger partial charge on any atom is -0.503 e. The highest BCUT2D eigenvalue weighted by molar-refractivity contribution is 5.99. The number of carbonyl (C=O) groups is 2. The molecule has 2 atom stereocenters. The van der Waals surface area contributed by atoms with E-state index in [0.717, 1.165) is 6.07 Å². The van der Waals surface area contributed by atoms with Crippen molar-refractivity contribution in [1.82, 2.24) is 14.8 Å². The Balaban J connectivity index is 1.66. The number of carbonyl (C=O) groups excluding carboxylic acids is 2. The topological polar surface area (TPSA) is 101 Å². The molecule has 10 heteroatoms. The van der Waals surface area contributed by atoms with E-state index in [1.807, 2.05) is 13.8 Å². The van der Waals surface area contributed by atoms with Crippen LogP contribution in [0.4, 0.5) is 8.78 Å². The predicted octanol–water partition coefficient (Wildman–Crippen LogP) is 2.03. The number of nitrogens with one attached hydrogen (secondary N) is 1. The third-order valence-corrected chi connectivity index (χ3v) is 6.38. The summed E-state index contributed by atoms with van der Waals surface area (Å²) in [6.45, 7) is 4.19. The maximum Gasteiger partial charge on any atom is 0.275 e. The number of aromatic hydroxyl groups is 1. The largest absolute Gasteiger partial charge is 0.503 e. The van der Waals surface area contributed by atoms with Gasteiger partial charge < -0.3 is 24.6 Å². The molecule has 0 saturated heterocycles. The average molecular weight is 461 g/mol. The molecule has 33 heavy (non-hydrogen) atoms. The van der Waals surface area contributed by atoms with Crippen LogP contribution < -0.4 is 10.7 Å². The summed E-state index contributed by atoms with van der Waals surface area (Å²) in [5.74, 6) is -3.62. The number of hydrogen-bond donors (Lipinski definition) is 2. The summed E-state index contributed by atoms with van der Waals surface area (Å²) in [7, 11) is 1.58. The highest BCUT2D eigenvalue weighted by atomic mass is 19.1. The Morgan fingerprint density at radius 2 is 2.06 bits per heavy atom. The van der Waals surface area contributed by atoms with Crippen LogP contribution in [-0.4, -0.2) is 51.7 Å². The van der Waals surface area contributed by atoms with Crippen LogP contribution in [0.3, 0.4) is 0 Å². The number of rotatable bonds is 6. The van der Waals surface area contributed by atoms with Crippen LogP contribution in [0.1, 0.15) is 46.7 Å². The summed E-state index contributed by atoms with van der Waals surface area (Å²) >= 11 is 0. The number of halogens is 2. The zero-order valence-corrected chi connectivity index (χ0v) is 18.5. The highest BCUT2D eigenvalue weighted by Gasteiger charge is 2.63. The van der Waals surface area contributed by atoms with Crippen LogP contribution in [0.5, 0.6) is 5.75 Å². The van der Waals surface area contributed by atoms with E-state index in [2.05, 4.69) is 5.32 Å². The van der Waals surface area contributed by atoms with Crippen LogP contribution in [0.15, 0.2) is 29.2 Å². The Kier molecular flexibility index (Phi) is 5.73. The van der Waals surface area contributed by atoms with Gasteiger partial charge in [0.05, 0.1) is 12.1 Å². The van der Waals surface area contributed by atoms with Crippen molar-refractivity contribution in [2.45, 2.75) is 44.9 Å². The fraction of sp³-hybridized carbons (Fsp3) is 0.435. The molecular formula is C23H25F2N3O5. The van der Waals surface area contributed by atoms with E-state index in [4.69, 9.17) is 4.74 Å². The van der Waals surface area contributed by atoms with E-state index in [-0.39, 0.29) is 35.3 Å². The van der Waals surface area contributed by atoms with E-state index < -0.39 is 40.2 Å². The number of methoxy groups -OCH3 is 1. The van der Waals surface area contributed by atoms with Crippen molar-refractivity contribution in [2.75, 3.05) is 13.7 Å². The van der Waals surface area contributed by atoms with Gasteiger partial charge >= 0.3 is 0 Å². The molecule has 2 aliphatic rings. The summed E-state index contributed by atoms with van der Waals surface area (Å²) in [4.78, 5) is 40.4. The summed E-state index contributed by atoms with van der Waals surface area (Å²) in [6, 6.07) is 2.77. The third-order valence-electron chi connectivity index (χ3n) is 6.38. The summed E-state index contributed by atoms with van der Waals surface area (Å²) in [6.07, 6.45) is 1.95. The van der Waals surface area contributed by atoms with Gasteiger partial charge in [0.2, 0.25) is 5.43 Å². The van der Waals surface area contributed by atoms with Crippen LogP contribution in [0.2, 0.25) is 0 Å². The van der Waals surface area contributed by atoms with Crippen LogP contribution in [0.25, 0.3) is 0 Å². The van der Waals surface area contributed by atoms with Crippen LogP contribution >= 0.6 is 0 Å². The molecule has 176 valence electrons. The molecule has 2 heterocycles. The van der Waals surface area contributed by atoms with E-state index in [9.17, 15) is 28.3 Å². The lowest BCUT2D eigenvalue weighted by Gasteiger charge is -2.42. The van der Waals surface area contributed by atoms with Crippen molar-refractivity contribution in [2.24, 2.45) is 5.92 Å². The van der Waals surface area contributed by atoms with Crippen LogP contribution in [-0.2, 0) is 17.8 Å². The molecule has 1 fully saturated rings. The number of nitrogens with zero attached hydrogens (tertiary/aromatic N) is 2. The van der Waals surface area contributed by atoms with Crippen molar-refractivity contribution >= 4 is 11.8 Å². The highest BCUT2D eigenvalue weighted by Crippen LogP contribution is 2.53. The first kappa shape index (κ1) is 22.9. The Morgan fingerprint density at radius 3 is 2.70 bits per heavy atom. The quantitative estimate of drug-likeness (QED) is 0.686. The maximum absolute atomic E-state index is 13.9. The average Bonchev–Trinajstić information content (AvgIpc) is 3.40. The lowest BCUT2D eigenvalue weighted by atomic mass is 10.0. The van der Waals surface area contributed by atoms with Gasteiger partial charge in [0.25, 0.3) is 11.8 Å². The molecule has 4 rings (SSSR count). The molecule has 2 aromatic rings. The van der Waals surface area contributed by atoms with Crippen LogP contribution in [0, 0.1) is 17.6 Å². The van der Waals surface area contributed by atoms with Gasteiger partial charge in [-0.25, -0.2) is 8.78 Å². The molecule has 0 radical (unpaired) electrons. The van der Waals surface area contributed by atoms with Gasteiger partial charge in [-0.2, -0.15) is 0 Å². The number of fused-ring (bicyclic) bond motifs is 1. The second kappa shape index (κ2) is 8.26. The fourth-order valence-electron chi connectivity index (χ4n) is 4.80. The van der Waals surface area contributed by atoms with E-state index in [0.29, 0.717) is 25.6 Å². The molecule has 8 nitrogen and oxygen atoms in total. The normalized spacial score (nSPS) is 21.5. The molecule has 1 spiro atoms. The Hall–Kier alpha value is -3.27. The molecule has 2 unspecified atom stereocenters. The minimum absolute atomic E-state index is 0.0362. The lowest BCUT2D eigenvalue weighted by Crippen LogP contribution is -2.55. The van der Waals surface area contributed by atoms with Crippen molar-refractivity contribution < 1.29 is 28.2 Å². The number of hydrogen-bond acceptors (Lipinski definition) is 5. The van der Waals surface area contributed by atoms with Gasteiger partial charge in [-0.1, -0.05) is 6.07 Å². The molecule has 1 saturated carbocycles. The Labute approximate surface area is 188 Å². The van der Waals surface area contributed by atoms with Crippen molar-refractivity contribution in [1.29, 1.82) is 0 Å². The number of benzene rings is 1. The number of aromatic nitrogens is 1. The van der Waals surface area contributed by atoms with Gasteiger partial charge in [0, 0.05) is 50.0 Å². The summed E-state index contributed by atoms with van der Waals surface area (Å²) in [5.41, 5.74) is -2.02. The number of amides is 2. The van der Waals surface area contributed by atoms with Gasteiger partial charge in [0.1, 0.15) is 17.2 Å². The number of ether oxygens (including phenoxy) is 1. The van der Waals surface area contributed by atoms with Crippen molar-refractivity contribution in [3.05, 3.63) is 63.1 Å². The first-order valence-corrected chi connectivity index (χ1v) is 10.6.